The topological polar surface area (TPSA) is 53.4 Å². The van der Waals surface area contributed by atoms with Crippen molar-refractivity contribution < 1.29 is 4.79 Å². The van der Waals surface area contributed by atoms with Crippen molar-refractivity contribution in [2.75, 3.05) is 42.9 Å². The Balaban J connectivity index is 1.44. The Hall–Kier alpha value is -2.83. The molecule has 0 radical (unpaired) electrons. The smallest absolute Gasteiger partial charge is 0.276 e. The van der Waals surface area contributed by atoms with Crippen molar-refractivity contribution in [3.63, 3.8) is 0 Å². The first-order chi connectivity index (χ1) is 14.5. The first-order valence-corrected chi connectivity index (χ1v) is 10.6. The molecule has 1 N–H and O–H groups in total. The van der Waals surface area contributed by atoms with Gasteiger partial charge in [0.25, 0.3) is 5.91 Å². The van der Waals surface area contributed by atoms with E-state index < -0.39 is 0 Å². The largest absolute Gasteiger partial charge is 0.369 e. The van der Waals surface area contributed by atoms with Crippen LogP contribution in [0.25, 0.3) is 5.69 Å². The summed E-state index contributed by atoms with van der Waals surface area (Å²) in [5, 5.41) is 7.94. The number of amides is 1. The zero-order chi connectivity index (χ0) is 21.1. The molecule has 4 rings (SSSR count). The van der Waals surface area contributed by atoms with Crippen LogP contribution in [0.2, 0.25) is 5.02 Å². The Morgan fingerprint density at radius 3 is 2.57 bits per heavy atom. The standard InChI is InChI=1S/C23H26ClN5O/c1-3-27-12-14-28(15-13-27)18-8-9-20(17(2)16-18)25-23(30)21-10-11-29(26-21)22-7-5-4-6-19(22)24/h4-11,16H,3,12-15H2,1-2H3,(H,25,30). The highest BCUT2D eigenvalue weighted by atomic mass is 35.5. The number of anilines is 2. The number of carbonyl (C=O) groups excluding carboxylic acids is 1. The number of halogens is 1. The molecule has 0 saturated carbocycles. The number of aromatic nitrogens is 2. The fraction of sp³-hybridized carbons (Fsp3) is 0.304. The maximum atomic E-state index is 12.7. The van der Waals surface area contributed by atoms with E-state index in [4.69, 9.17) is 11.6 Å². The van der Waals surface area contributed by atoms with Gasteiger partial charge in [-0.1, -0.05) is 30.7 Å². The lowest BCUT2D eigenvalue weighted by molar-refractivity contribution is 0.102. The van der Waals surface area contributed by atoms with Crippen LogP contribution in [0.1, 0.15) is 23.0 Å². The molecular weight excluding hydrogens is 398 g/mol. The molecule has 1 aromatic heterocycles. The van der Waals surface area contributed by atoms with Crippen LogP contribution < -0.4 is 10.2 Å². The first-order valence-electron chi connectivity index (χ1n) is 10.2. The van der Waals surface area contributed by atoms with E-state index in [1.54, 1.807) is 23.0 Å². The van der Waals surface area contributed by atoms with Crippen LogP contribution in [0.3, 0.4) is 0 Å². The second kappa shape index (κ2) is 8.90. The average Bonchev–Trinajstić information content (AvgIpc) is 3.26. The Kier molecular flexibility index (Phi) is 6.06. The molecule has 2 heterocycles. The highest BCUT2D eigenvalue weighted by Crippen LogP contribution is 2.24. The summed E-state index contributed by atoms with van der Waals surface area (Å²) in [6, 6.07) is 15.3. The molecule has 1 saturated heterocycles. The third-order valence-corrected chi connectivity index (χ3v) is 5.88. The number of nitrogens with one attached hydrogen (secondary N) is 1. The van der Waals surface area contributed by atoms with Crippen LogP contribution in [0, 0.1) is 6.92 Å². The van der Waals surface area contributed by atoms with Gasteiger partial charge in [0.15, 0.2) is 5.69 Å². The Bertz CT molecular complexity index is 1040. The zero-order valence-electron chi connectivity index (χ0n) is 17.3. The lowest BCUT2D eigenvalue weighted by Crippen LogP contribution is -2.46. The van der Waals surface area contributed by atoms with Gasteiger partial charge in [-0.2, -0.15) is 5.10 Å². The molecule has 6 nitrogen and oxygen atoms in total. The Morgan fingerprint density at radius 1 is 1.10 bits per heavy atom. The van der Waals surface area contributed by atoms with E-state index in [-0.39, 0.29) is 5.91 Å². The Labute approximate surface area is 182 Å². The molecule has 0 spiro atoms. The maximum absolute atomic E-state index is 12.7. The van der Waals surface area contributed by atoms with Crippen LogP contribution in [-0.4, -0.2) is 53.3 Å². The predicted octanol–water partition coefficient (Wildman–Crippen LogP) is 4.23. The van der Waals surface area contributed by atoms with E-state index in [0.717, 1.165) is 49.7 Å². The molecule has 0 bridgehead atoms. The number of hydrogen-bond donors (Lipinski definition) is 1. The number of aryl methyl sites for hydroxylation is 1. The van der Waals surface area contributed by atoms with Crippen molar-refractivity contribution in [1.82, 2.24) is 14.7 Å². The van der Waals surface area contributed by atoms with E-state index in [1.165, 1.54) is 5.69 Å². The van der Waals surface area contributed by atoms with Crippen LogP contribution in [0.5, 0.6) is 0 Å². The second-order valence-electron chi connectivity index (χ2n) is 7.47. The number of piperazine rings is 1. The van der Waals surface area contributed by atoms with Gasteiger partial charge in [0.1, 0.15) is 0 Å². The molecular formula is C23H26ClN5O. The van der Waals surface area contributed by atoms with Crippen molar-refractivity contribution in [2.45, 2.75) is 13.8 Å². The molecule has 2 aromatic carbocycles. The quantitative estimate of drug-likeness (QED) is 0.667. The van der Waals surface area contributed by atoms with Crippen LogP contribution in [-0.2, 0) is 0 Å². The molecule has 1 aliphatic heterocycles. The molecule has 0 unspecified atom stereocenters. The first kappa shape index (κ1) is 20.4. The van der Waals surface area contributed by atoms with Gasteiger partial charge in [-0.15, -0.1) is 0 Å². The van der Waals surface area contributed by atoms with Crippen molar-refractivity contribution >= 4 is 28.9 Å². The summed E-state index contributed by atoms with van der Waals surface area (Å²) in [5.41, 5.74) is 4.10. The minimum Gasteiger partial charge on any atom is -0.369 e. The van der Waals surface area contributed by atoms with E-state index in [2.05, 4.69) is 39.3 Å². The van der Waals surface area contributed by atoms with E-state index in [9.17, 15) is 4.79 Å². The summed E-state index contributed by atoms with van der Waals surface area (Å²) >= 11 is 6.23. The fourth-order valence-corrected chi connectivity index (χ4v) is 3.93. The number of hydrogen-bond acceptors (Lipinski definition) is 4. The molecule has 30 heavy (non-hydrogen) atoms. The summed E-state index contributed by atoms with van der Waals surface area (Å²) in [5.74, 6) is -0.242. The SMILES string of the molecule is CCN1CCN(c2ccc(NC(=O)c3ccn(-c4ccccc4Cl)n3)c(C)c2)CC1. The third kappa shape index (κ3) is 4.35. The van der Waals surface area contributed by atoms with Gasteiger partial charge < -0.3 is 15.1 Å². The van der Waals surface area contributed by atoms with Gasteiger partial charge in [0.2, 0.25) is 0 Å². The van der Waals surface area contributed by atoms with Gasteiger partial charge >= 0.3 is 0 Å². The van der Waals surface area contributed by atoms with Crippen LogP contribution in [0.4, 0.5) is 11.4 Å². The van der Waals surface area contributed by atoms with Gasteiger partial charge in [-0.3, -0.25) is 4.79 Å². The number of carbonyl (C=O) groups is 1. The molecule has 0 atom stereocenters. The summed E-state index contributed by atoms with van der Waals surface area (Å²) < 4.78 is 1.61. The van der Waals surface area contributed by atoms with E-state index in [1.807, 2.05) is 31.2 Å². The zero-order valence-corrected chi connectivity index (χ0v) is 18.1. The molecule has 7 heteroatoms. The van der Waals surface area contributed by atoms with Crippen LogP contribution in [0.15, 0.2) is 54.7 Å². The van der Waals surface area contributed by atoms with Gasteiger partial charge in [0, 0.05) is 43.8 Å². The molecule has 0 aliphatic carbocycles. The molecule has 1 fully saturated rings. The number of benzene rings is 2. The predicted molar refractivity (Wildman–Crippen MR) is 122 cm³/mol. The van der Waals surface area contributed by atoms with Gasteiger partial charge in [0.05, 0.1) is 10.7 Å². The summed E-state index contributed by atoms with van der Waals surface area (Å²) in [7, 11) is 0. The highest BCUT2D eigenvalue weighted by molar-refractivity contribution is 6.32. The van der Waals surface area contributed by atoms with Crippen molar-refractivity contribution in [3.8, 4) is 5.69 Å². The van der Waals surface area contributed by atoms with Gasteiger partial charge in [-0.05, 0) is 55.4 Å². The van der Waals surface area contributed by atoms with E-state index in [0.29, 0.717) is 10.7 Å². The molecule has 1 amide bonds. The average molecular weight is 424 g/mol. The monoisotopic (exact) mass is 423 g/mol. The highest BCUT2D eigenvalue weighted by Gasteiger charge is 2.17. The Morgan fingerprint density at radius 2 is 1.87 bits per heavy atom. The maximum Gasteiger partial charge on any atom is 0.276 e. The second-order valence-corrected chi connectivity index (χ2v) is 7.88. The van der Waals surface area contributed by atoms with E-state index >= 15 is 0 Å². The minimum absolute atomic E-state index is 0.242. The normalized spacial score (nSPS) is 14.7. The number of likely N-dealkylation sites (N-methyl/N-ethyl adjacent to an activating group) is 1. The number of para-hydroxylation sites is 1. The van der Waals surface area contributed by atoms with Crippen molar-refractivity contribution in [3.05, 3.63) is 71.0 Å². The number of rotatable bonds is 5. The lowest BCUT2D eigenvalue weighted by Gasteiger charge is -2.35. The minimum atomic E-state index is -0.242. The molecule has 1 aliphatic rings. The van der Waals surface area contributed by atoms with Crippen molar-refractivity contribution in [2.24, 2.45) is 0 Å². The molecule has 3 aromatic rings. The van der Waals surface area contributed by atoms with Crippen LogP contribution >= 0.6 is 11.6 Å². The summed E-state index contributed by atoms with van der Waals surface area (Å²) in [6.07, 6.45) is 1.74. The summed E-state index contributed by atoms with van der Waals surface area (Å²) in [4.78, 5) is 17.6. The summed E-state index contributed by atoms with van der Waals surface area (Å²) in [6.45, 7) is 9.55. The van der Waals surface area contributed by atoms with Gasteiger partial charge in [-0.25, -0.2) is 4.68 Å². The number of nitrogens with zero attached hydrogens (tertiary/aromatic N) is 4. The molecule has 156 valence electrons. The fourth-order valence-electron chi connectivity index (χ4n) is 3.71. The lowest BCUT2D eigenvalue weighted by atomic mass is 10.1. The third-order valence-electron chi connectivity index (χ3n) is 5.56. The van der Waals surface area contributed by atoms with Crippen molar-refractivity contribution in [1.29, 1.82) is 0 Å².